The number of hydrogen-bond acceptors (Lipinski definition) is 2. The number of dihydropyridines is 1. The molecule has 1 aliphatic rings. The predicted molar refractivity (Wildman–Crippen MR) is 39.2 cm³/mol. The molecule has 1 rings (SSSR count). The van der Waals surface area contributed by atoms with Gasteiger partial charge in [-0.15, -0.1) is 4.90 Å². The van der Waals surface area contributed by atoms with Crippen molar-refractivity contribution in [2.75, 3.05) is 20.6 Å². The first-order chi connectivity index (χ1) is 4.30. The van der Waals surface area contributed by atoms with E-state index in [2.05, 4.69) is 28.4 Å². The molecule has 1 N–H and O–H groups in total. The van der Waals surface area contributed by atoms with Gasteiger partial charge < -0.3 is 5.32 Å². The van der Waals surface area contributed by atoms with Gasteiger partial charge in [-0.25, -0.2) is 0 Å². The van der Waals surface area contributed by atoms with Gasteiger partial charge in [-0.2, -0.15) is 0 Å². The Bertz CT molecular complexity index is 145. The number of rotatable bonds is 1. The van der Waals surface area contributed by atoms with Crippen molar-refractivity contribution >= 4 is 0 Å². The van der Waals surface area contributed by atoms with Gasteiger partial charge in [0.05, 0.1) is 0 Å². The van der Waals surface area contributed by atoms with E-state index in [0.717, 1.165) is 6.54 Å². The standard InChI is InChI=1S/C7H12N2/c1-9(2)7-5-3-4-6-8-7/h3-5,8H,6H2,1-2H3/q+1. The van der Waals surface area contributed by atoms with Crippen LogP contribution in [0.4, 0.5) is 0 Å². The van der Waals surface area contributed by atoms with Crippen LogP contribution in [-0.2, 0) is 0 Å². The van der Waals surface area contributed by atoms with Crippen LogP contribution in [0, 0.1) is 0 Å². The summed E-state index contributed by atoms with van der Waals surface area (Å²) in [6, 6.07) is 0. The summed E-state index contributed by atoms with van der Waals surface area (Å²) in [5.41, 5.74) is 0. The lowest BCUT2D eigenvalue weighted by Gasteiger charge is -2.08. The summed E-state index contributed by atoms with van der Waals surface area (Å²) in [7, 11) is 4.05. The highest BCUT2D eigenvalue weighted by molar-refractivity contribution is 5.16. The van der Waals surface area contributed by atoms with E-state index in [1.165, 1.54) is 5.82 Å². The zero-order chi connectivity index (χ0) is 6.69. The molecule has 2 heteroatoms. The first-order valence-corrected chi connectivity index (χ1v) is 3.09. The van der Waals surface area contributed by atoms with Gasteiger partial charge in [0.2, 0.25) is 5.82 Å². The van der Waals surface area contributed by atoms with E-state index in [0.29, 0.717) is 0 Å². The minimum absolute atomic E-state index is 0.948. The Morgan fingerprint density at radius 2 is 2.33 bits per heavy atom. The van der Waals surface area contributed by atoms with Gasteiger partial charge >= 0.3 is 0 Å². The third kappa shape index (κ3) is 1.57. The van der Waals surface area contributed by atoms with Crippen LogP contribution in [0.2, 0.25) is 0 Å². The second kappa shape index (κ2) is 2.69. The molecule has 0 saturated carbocycles. The van der Waals surface area contributed by atoms with E-state index in [1.54, 1.807) is 0 Å². The van der Waals surface area contributed by atoms with Crippen LogP contribution in [-0.4, -0.2) is 20.6 Å². The monoisotopic (exact) mass is 124 g/mol. The highest BCUT2D eigenvalue weighted by Gasteiger charge is 2.08. The number of nitrogens with zero attached hydrogens (tertiary/aromatic N) is 1. The maximum absolute atomic E-state index is 3.22. The van der Waals surface area contributed by atoms with Gasteiger partial charge in [-0.05, 0) is 0 Å². The fourth-order valence-electron chi connectivity index (χ4n) is 0.757. The van der Waals surface area contributed by atoms with Crippen molar-refractivity contribution in [2.24, 2.45) is 0 Å². The summed E-state index contributed by atoms with van der Waals surface area (Å²) in [6.45, 7) is 0.948. The SMILES string of the molecule is C[N+](C)C1=CC=CCN1. The van der Waals surface area contributed by atoms with Crippen LogP contribution < -0.4 is 10.2 Å². The fraction of sp³-hybridized carbons (Fsp3) is 0.429. The van der Waals surface area contributed by atoms with Crippen molar-refractivity contribution in [3.8, 4) is 0 Å². The van der Waals surface area contributed by atoms with Gasteiger partial charge in [0, 0.05) is 12.6 Å². The zero-order valence-corrected chi connectivity index (χ0v) is 5.89. The normalized spacial score (nSPS) is 17.4. The minimum atomic E-state index is 0.948. The van der Waals surface area contributed by atoms with Crippen LogP contribution in [0.3, 0.4) is 0 Å². The molecule has 0 amide bonds. The van der Waals surface area contributed by atoms with Gasteiger partial charge in [-0.1, -0.05) is 12.2 Å². The Labute approximate surface area is 55.9 Å². The van der Waals surface area contributed by atoms with Crippen molar-refractivity contribution in [1.82, 2.24) is 10.2 Å². The van der Waals surface area contributed by atoms with Crippen LogP contribution in [0.25, 0.3) is 0 Å². The van der Waals surface area contributed by atoms with E-state index in [4.69, 9.17) is 0 Å². The van der Waals surface area contributed by atoms with Crippen LogP contribution >= 0.6 is 0 Å². The predicted octanol–water partition coefficient (Wildman–Crippen LogP) is 0.387. The Kier molecular flexibility index (Phi) is 1.90. The van der Waals surface area contributed by atoms with Crippen molar-refractivity contribution in [1.29, 1.82) is 0 Å². The second-order valence-corrected chi connectivity index (χ2v) is 2.26. The highest BCUT2D eigenvalue weighted by Crippen LogP contribution is 1.94. The van der Waals surface area contributed by atoms with Gasteiger partial charge in [0.25, 0.3) is 0 Å². The lowest BCUT2D eigenvalue weighted by atomic mass is 10.3. The molecule has 1 radical (unpaired) electrons. The molecule has 0 aromatic heterocycles. The molecule has 0 aromatic rings. The van der Waals surface area contributed by atoms with Crippen molar-refractivity contribution in [3.05, 3.63) is 24.0 Å². The summed E-state index contributed by atoms with van der Waals surface area (Å²) < 4.78 is 0. The van der Waals surface area contributed by atoms with Crippen LogP contribution in [0.5, 0.6) is 0 Å². The van der Waals surface area contributed by atoms with Crippen LogP contribution in [0.1, 0.15) is 0 Å². The molecule has 0 bridgehead atoms. The van der Waals surface area contributed by atoms with Crippen molar-refractivity contribution in [3.63, 3.8) is 0 Å². The molecule has 49 valence electrons. The molecule has 0 aromatic carbocycles. The minimum Gasteiger partial charge on any atom is -0.334 e. The average Bonchev–Trinajstić information content (AvgIpc) is 1.90. The molecule has 1 heterocycles. The Morgan fingerprint density at radius 1 is 1.56 bits per heavy atom. The molecule has 2 nitrogen and oxygen atoms in total. The molecular weight excluding hydrogens is 112 g/mol. The maximum Gasteiger partial charge on any atom is 0.249 e. The van der Waals surface area contributed by atoms with Crippen molar-refractivity contribution in [2.45, 2.75) is 0 Å². The van der Waals surface area contributed by atoms with Crippen LogP contribution in [0.15, 0.2) is 24.0 Å². The summed E-state index contributed by atoms with van der Waals surface area (Å²) >= 11 is 0. The maximum atomic E-state index is 3.22. The number of hydrogen-bond donors (Lipinski definition) is 1. The molecule has 0 atom stereocenters. The molecule has 0 saturated heterocycles. The Morgan fingerprint density at radius 3 is 2.67 bits per heavy atom. The molecule has 9 heavy (non-hydrogen) atoms. The third-order valence-electron chi connectivity index (χ3n) is 1.27. The van der Waals surface area contributed by atoms with E-state index >= 15 is 0 Å². The molecule has 0 unspecified atom stereocenters. The van der Waals surface area contributed by atoms with Gasteiger partial charge in [0.15, 0.2) is 0 Å². The second-order valence-electron chi connectivity index (χ2n) is 2.26. The number of allylic oxidation sites excluding steroid dienone is 2. The van der Waals surface area contributed by atoms with Gasteiger partial charge in [0.1, 0.15) is 14.1 Å². The van der Waals surface area contributed by atoms with E-state index < -0.39 is 0 Å². The molecule has 1 aliphatic heterocycles. The lowest BCUT2D eigenvalue weighted by Crippen LogP contribution is -2.30. The Balaban J connectivity index is 2.57. The summed E-state index contributed by atoms with van der Waals surface area (Å²) in [4.78, 5) is 2.06. The topological polar surface area (TPSA) is 17.9 Å². The Hall–Kier alpha value is -0.760. The zero-order valence-electron chi connectivity index (χ0n) is 5.89. The lowest BCUT2D eigenvalue weighted by molar-refractivity contribution is 0.608. The molecule has 0 aliphatic carbocycles. The van der Waals surface area contributed by atoms with Gasteiger partial charge in [-0.3, -0.25) is 0 Å². The average molecular weight is 124 g/mol. The molecular formula is C7H12N2+. The van der Waals surface area contributed by atoms with E-state index in [1.807, 2.05) is 14.1 Å². The first-order valence-electron chi connectivity index (χ1n) is 3.09. The van der Waals surface area contributed by atoms with E-state index in [9.17, 15) is 0 Å². The largest absolute Gasteiger partial charge is 0.334 e. The first kappa shape index (κ1) is 6.36. The molecule has 0 fully saturated rings. The summed E-state index contributed by atoms with van der Waals surface area (Å²) in [5, 5.41) is 3.22. The van der Waals surface area contributed by atoms with Crippen molar-refractivity contribution < 1.29 is 0 Å². The smallest absolute Gasteiger partial charge is 0.249 e. The third-order valence-corrected chi connectivity index (χ3v) is 1.27. The summed E-state index contributed by atoms with van der Waals surface area (Å²) in [6.07, 6.45) is 6.21. The number of nitrogens with one attached hydrogen (secondary N) is 1. The quantitative estimate of drug-likeness (QED) is 0.500. The molecule has 0 spiro atoms. The fourth-order valence-corrected chi connectivity index (χ4v) is 0.757. The van der Waals surface area contributed by atoms with E-state index in [-0.39, 0.29) is 0 Å². The summed E-state index contributed by atoms with van der Waals surface area (Å²) in [5.74, 6) is 1.18. The highest BCUT2D eigenvalue weighted by atomic mass is 15.2.